The van der Waals surface area contributed by atoms with Crippen LogP contribution in [0.1, 0.15) is 48.4 Å². The number of halogens is 3. The van der Waals surface area contributed by atoms with Gasteiger partial charge in [0.15, 0.2) is 0 Å². The average Bonchev–Trinajstić information content (AvgIpc) is 2.80. The summed E-state index contributed by atoms with van der Waals surface area (Å²) in [4.78, 5) is 12.1. The Kier molecular flexibility index (Phi) is 7.82. The van der Waals surface area contributed by atoms with Crippen molar-refractivity contribution in [2.75, 3.05) is 7.11 Å². The van der Waals surface area contributed by atoms with Crippen LogP contribution < -0.4 is 4.74 Å². The maximum absolute atomic E-state index is 14.4. The van der Waals surface area contributed by atoms with E-state index in [9.17, 15) is 23.1 Å². The second kappa shape index (κ2) is 10.6. The lowest BCUT2D eigenvalue weighted by atomic mass is 9.83. The Morgan fingerprint density at radius 1 is 0.971 bits per heavy atom. The van der Waals surface area contributed by atoms with Crippen LogP contribution in [0.3, 0.4) is 0 Å². The molecule has 0 amide bonds. The van der Waals surface area contributed by atoms with Crippen molar-refractivity contribution in [3.8, 4) is 16.9 Å². The van der Waals surface area contributed by atoms with Crippen molar-refractivity contribution in [3.63, 3.8) is 0 Å². The number of aliphatic carboxylic acids is 1. The quantitative estimate of drug-likeness (QED) is 0.344. The average molecular weight is 469 g/mol. The number of alkyl halides is 3. The Bertz CT molecular complexity index is 1150. The first-order valence-corrected chi connectivity index (χ1v) is 11.0. The van der Waals surface area contributed by atoms with Crippen LogP contribution in [0.4, 0.5) is 13.2 Å². The van der Waals surface area contributed by atoms with E-state index in [1.165, 1.54) is 25.3 Å². The van der Waals surface area contributed by atoms with Crippen LogP contribution in [0.2, 0.25) is 0 Å². The molecule has 178 valence electrons. The normalized spacial score (nSPS) is 12.8. The van der Waals surface area contributed by atoms with Gasteiger partial charge in [-0.1, -0.05) is 68.5 Å². The molecule has 1 unspecified atom stereocenters. The fourth-order valence-corrected chi connectivity index (χ4v) is 3.95. The molecule has 3 aromatic rings. The molecular weight excluding hydrogens is 441 g/mol. The van der Waals surface area contributed by atoms with E-state index in [2.05, 4.69) is 0 Å². The topological polar surface area (TPSA) is 46.5 Å². The lowest BCUT2D eigenvalue weighted by Crippen LogP contribution is -2.20. The summed E-state index contributed by atoms with van der Waals surface area (Å²) >= 11 is 0. The third-order valence-electron chi connectivity index (χ3n) is 5.54. The zero-order valence-corrected chi connectivity index (χ0v) is 19.3. The van der Waals surface area contributed by atoms with Gasteiger partial charge < -0.3 is 9.84 Å². The second-order valence-corrected chi connectivity index (χ2v) is 8.52. The van der Waals surface area contributed by atoms with Gasteiger partial charge in [-0.3, -0.25) is 4.79 Å². The summed E-state index contributed by atoms with van der Waals surface area (Å²) in [6.07, 6.45) is -1.65. The molecule has 0 radical (unpaired) electrons. The van der Waals surface area contributed by atoms with Gasteiger partial charge in [-0.15, -0.1) is 0 Å². The van der Waals surface area contributed by atoms with Gasteiger partial charge in [-0.2, -0.15) is 13.2 Å². The molecule has 0 saturated carbocycles. The smallest absolute Gasteiger partial charge is 0.417 e. The third kappa shape index (κ3) is 6.07. The summed E-state index contributed by atoms with van der Waals surface area (Å²) in [6, 6.07) is 18.8. The largest absolute Gasteiger partial charge is 0.497 e. The minimum Gasteiger partial charge on any atom is -0.497 e. The maximum Gasteiger partial charge on any atom is 0.417 e. The fraction of sp³-hybridized carbons (Fsp3) is 0.250. The molecule has 1 N–H and O–H groups in total. The van der Waals surface area contributed by atoms with E-state index in [1.807, 2.05) is 6.07 Å². The highest BCUT2D eigenvalue weighted by Crippen LogP contribution is 2.42. The van der Waals surface area contributed by atoms with Crippen LogP contribution in [0, 0.1) is 5.92 Å². The molecule has 0 saturated heterocycles. The van der Waals surface area contributed by atoms with E-state index >= 15 is 0 Å². The maximum atomic E-state index is 14.4. The Labute approximate surface area is 197 Å². The van der Waals surface area contributed by atoms with E-state index in [1.54, 1.807) is 68.5 Å². The molecule has 0 aliphatic heterocycles. The Morgan fingerprint density at radius 2 is 1.62 bits per heavy atom. The Hall–Kier alpha value is -3.54. The first-order valence-electron chi connectivity index (χ1n) is 11.0. The first kappa shape index (κ1) is 25.1. The van der Waals surface area contributed by atoms with Crippen molar-refractivity contribution in [2.24, 2.45) is 5.92 Å². The lowest BCUT2D eigenvalue weighted by Gasteiger charge is -2.23. The van der Waals surface area contributed by atoms with Crippen molar-refractivity contribution in [1.29, 1.82) is 0 Å². The van der Waals surface area contributed by atoms with Crippen molar-refractivity contribution < 1.29 is 27.8 Å². The number of hydrogen-bond acceptors (Lipinski definition) is 2. The highest BCUT2D eigenvalue weighted by atomic mass is 19.4. The standard InChI is InChI=1S/C28H27F3O3/c1-18(2)15-25(27(32)33)24-17-22(20-7-5-4-6-8-20)16-21(26(24)28(29,30)31)12-9-19-10-13-23(34-3)14-11-19/h4-14,16-18,25H,15H2,1-3H3,(H,32,33)/b12-9+. The molecule has 0 bridgehead atoms. The number of benzene rings is 3. The van der Waals surface area contributed by atoms with Crippen molar-refractivity contribution >= 4 is 18.1 Å². The van der Waals surface area contributed by atoms with E-state index in [0.29, 0.717) is 22.4 Å². The van der Waals surface area contributed by atoms with E-state index in [4.69, 9.17) is 4.74 Å². The second-order valence-electron chi connectivity index (χ2n) is 8.52. The number of carboxylic acid groups (broad SMARTS) is 1. The summed E-state index contributed by atoms with van der Waals surface area (Å²) in [5.41, 5.74) is 0.736. The molecule has 0 aliphatic carbocycles. The molecule has 0 aliphatic rings. The molecule has 3 aromatic carbocycles. The third-order valence-corrected chi connectivity index (χ3v) is 5.54. The highest BCUT2D eigenvalue weighted by molar-refractivity contribution is 5.82. The van der Waals surface area contributed by atoms with Crippen molar-refractivity contribution in [3.05, 3.63) is 89.0 Å². The lowest BCUT2D eigenvalue weighted by molar-refractivity contribution is -0.142. The predicted molar refractivity (Wildman–Crippen MR) is 129 cm³/mol. The molecule has 0 heterocycles. The van der Waals surface area contributed by atoms with E-state index < -0.39 is 23.6 Å². The van der Waals surface area contributed by atoms with Gasteiger partial charge in [-0.05, 0) is 64.4 Å². The summed E-state index contributed by atoms with van der Waals surface area (Å²) in [5, 5.41) is 9.88. The van der Waals surface area contributed by atoms with Gasteiger partial charge in [-0.25, -0.2) is 0 Å². The molecule has 0 fully saturated rings. The van der Waals surface area contributed by atoms with Crippen LogP contribution >= 0.6 is 0 Å². The number of ether oxygens (including phenoxy) is 1. The van der Waals surface area contributed by atoms with Crippen LogP contribution in [-0.4, -0.2) is 18.2 Å². The zero-order valence-electron chi connectivity index (χ0n) is 19.3. The van der Waals surface area contributed by atoms with Crippen LogP contribution in [0.25, 0.3) is 23.3 Å². The van der Waals surface area contributed by atoms with Gasteiger partial charge in [0.1, 0.15) is 5.75 Å². The van der Waals surface area contributed by atoms with Gasteiger partial charge in [0.2, 0.25) is 0 Å². The first-order chi connectivity index (χ1) is 16.1. The number of carbonyl (C=O) groups is 1. The summed E-state index contributed by atoms with van der Waals surface area (Å²) < 4.78 is 48.3. The van der Waals surface area contributed by atoms with Crippen LogP contribution in [0.15, 0.2) is 66.7 Å². The Balaban J connectivity index is 2.25. The van der Waals surface area contributed by atoms with Gasteiger partial charge in [0, 0.05) is 0 Å². The number of rotatable bonds is 8. The van der Waals surface area contributed by atoms with Crippen molar-refractivity contribution in [2.45, 2.75) is 32.4 Å². The van der Waals surface area contributed by atoms with Gasteiger partial charge >= 0.3 is 12.1 Å². The minimum absolute atomic E-state index is 0.0744. The molecule has 6 heteroatoms. The molecular formula is C28H27F3O3. The predicted octanol–water partition coefficient (Wildman–Crippen LogP) is 7.77. The minimum atomic E-state index is -4.73. The molecule has 3 nitrogen and oxygen atoms in total. The Morgan fingerprint density at radius 3 is 2.15 bits per heavy atom. The van der Waals surface area contributed by atoms with E-state index in [-0.39, 0.29) is 23.5 Å². The molecule has 3 rings (SSSR count). The summed E-state index contributed by atoms with van der Waals surface area (Å²) in [7, 11) is 1.53. The summed E-state index contributed by atoms with van der Waals surface area (Å²) in [5.74, 6) is -2.01. The monoisotopic (exact) mass is 468 g/mol. The van der Waals surface area contributed by atoms with Gasteiger partial charge in [0.05, 0.1) is 18.6 Å². The fourth-order valence-electron chi connectivity index (χ4n) is 3.95. The van der Waals surface area contributed by atoms with Crippen molar-refractivity contribution in [1.82, 2.24) is 0 Å². The molecule has 34 heavy (non-hydrogen) atoms. The zero-order chi connectivity index (χ0) is 24.9. The number of hydrogen-bond donors (Lipinski definition) is 1. The SMILES string of the molecule is COc1ccc(/C=C/c2cc(-c3ccccc3)cc(C(CC(C)C)C(=O)O)c2C(F)(F)F)cc1. The number of carboxylic acids is 1. The molecule has 0 spiro atoms. The van der Waals surface area contributed by atoms with Crippen LogP contribution in [0.5, 0.6) is 5.75 Å². The molecule has 0 aromatic heterocycles. The number of methoxy groups -OCH3 is 1. The molecule has 1 atom stereocenters. The van der Waals surface area contributed by atoms with Gasteiger partial charge in [0.25, 0.3) is 0 Å². The van der Waals surface area contributed by atoms with E-state index in [0.717, 1.165) is 0 Å². The highest BCUT2D eigenvalue weighted by Gasteiger charge is 2.39. The van der Waals surface area contributed by atoms with Crippen LogP contribution in [-0.2, 0) is 11.0 Å². The summed E-state index contributed by atoms with van der Waals surface area (Å²) in [6.45, 7) is 3.60.